The van der Waals surface area contributed by atoms with Crippen LogP contribution >= 0.6 is 0 Å². The fourth-order valence-electron chi connectivity index (χ4n) is 4.73. The van der Waals surface area contributed by atoms with Crippen molar-refractivity contribution in [1.29, 1.82) is 0 Å². The Bertz CT molecular complexity index is 1320. The number of rotatable bonds is 7. The summed E-state index contributed by atoms with van der Waals surface area (Å²) < 4.78 is 19.6. The molecular weight excluding hydrogens is 455 g/mol. The van der Waals surface area contributed by atoms with Crippen LogP contribution in [0.15, 0.2) is 66.7 Å². The molecule has 3 aromatic carbocycles. The first-order valence-corrected chi connectivity index (χ1v) is 12.1. The Morgan fingerprint density at radius 2 is 1.56 bits per heavy atom. The summed E-state index contributed by atoms with van der Waals surface area (Å²) in [6, 6.07) is 16.4. The monoisotopic (exact) mass is 486 g/mol. The molecule has 5 heteroatoms. The van der Waals surface area contributed by atoms with Crippen LogP contribution in [0, 0.1) is 5.82 Å². The molecule has 0 heterocycles. The second-order valence-electron chi connectivity index (χ2n) is 10.7. The van der Waals surface area contributed by atoms with Crippen LogP contribution in [-0.4, -0.2) is 16.9 Å². The van der Waals surface area contributed by atoms with E-state index < -0.39 is 5.97 Å². The largest absolute Gasteiger partial charge is 0.489 e. The summed E-state index contributed by atoms with van der Waals surface area (Å²) >= 11 is 0. The van der Waals surface area contributed by atoms with E-state index in [-0.39, 0.29) is 34.6 Å². The summed E-state index contributed by atoms with van der Waals surface area (Å²) in [5.74, 6) is -0.770. The van der Waals surface area contributed by atoms with Crippen molar-refractivity contribution in [2.24, 2.45) is 0 Å². The van der Waals surface area contributed by atoms with Gasteiger partial charge in [-0.15, -0.1) is 0 Å². The minimum atomic E-state index is -0.991. The third-order valence-electron chi connectivity index (χ3n) is 7.06. The fourth-order valence-corrected chi connectivity index (χ4v) is 4.73. The zero-order valence-electron chi connectivity index (χ0n) is 21.1. The molecule has 36 heavy (non-hydrogen) atoms. The third-order valence-corrected chi connectivity index (χ3v) is 7.06. The lowest BCUT2D eigenvalue weighted by atomic mass is 9.62. The van der Waals surface area contributed by atoms with Crippen molar-refractivity contribution >= 4 is 17.8 Å². The quantitative estimate of drug-likeness (QED) is 0.280. The predicted octanol–water partition coefficient (Wildman–Crippen LogP) is 7.35. The molecule has 4 rings (SSSR count). The van der Waals surface area contributed by atoms with E-state index in [0.29, 0.717) is 11.3 Å². The van der Waals surface area contributed by atoms with Crippen LogP contribution in [0.4, 0.5) is 4.39 Å². The number of hydrogen-bond acceptors (Lipinski definition) is 3. The number of ether oxygens (including phenoxy) is 1. The van der Waals surface area contributed by atoms with Gasteiger partial charge < -0.3 is 9.84 Å². The van der Waals surface area contributed by atoms with Crippen molar-refractivity contribution in [2.75, 3.05) is 0 Å². The van der Waals surface area contributed by atoms with Gasteiger partial charge in [-0.3, -0.25) is 4.79 Å². The van der Waals surface area contributed by atoms with Crippen LogP contribution in [0.5, 0.6) is 5.75 Å². The maximum absolute atomic E-state index is 13.3. The average Bonchev–Trinajstić information content (AvgIpc) is 2.85. The van der Waals surface area contributed by atoms with Crippen molar-refractivity contribution in [1.82, 2.24) is 0 Å². The molecule has 0 spiro atoms. The Kier molecular flexibility index (Phi) is 6.85. The van der Waals surface area contributed by atoms with Crippen molar-refractivity contribution in [2.45, 2.75) is 58.0 Å². The first-order chi connectivity index (χ1) is 17.0. The lowest BCUT2D eigenvalue weighted by Crippen LogP contribution is -2.34. The van der Waals surface area contributed by atoms with Gasteiger partial charge in [-0.05, 0) is 82.8 Å². The van der Waals surface area contributed by atoms with Crippen molar-refractivity contribution < 1.29 is 23.8 Å². The number of carbonyl (C=O) groups is 2. The van der Waals surface area contributed by atoms with E-state index in [0.717, 1.165) is 35.1 Å². The van der Waals surface area contributed by atoms with Crippen molar-refractivity contribution in [3.05, 3.63) is 106 Å². The standard InChI is InChI=1S/C31H31FO4/c1-30(2)15-16-31(3,4)28-25(30)17-23(18-27(28)36-19-21-7-12-24(32)13-8-21)26(33)14-9-20-5-10-22(11-6-20)29(34)35/h5-14,17-18H,15-16,19H2,1-4H3,(H,34,35). The SMILES string of the molecule is CC1(C)CCC(C)(C)c2c(OCc3ccc(F)cc3)cc(C(=O)C=Cc3ccc(C(=O)O)cc3)cc21. The molecule has 0 fully saturated rings. The first-order valence-electron chi connectivity index (χ1n) is 12.1. The number of carbonyl (C=O) groups excluding carboxylic acids is 1. The maximum atomic E-state index is 13.3. The zero-order chi connectivity index (χ0) is 26.1. The molecule has 0 saturated carbocycles. The minimum Gasteiger partial charge on any atom is -0.489 e. The first kappa shape index (κ1) is 25.4. The summed E-state index contributed by atoms with van der Waals surface area (Å²) in [5, 5.41) is 9.07. The molecule has 1 aliphatic carbocycles. The second kappa shape index (κ2) is 9.73. The number of halogens is 1. The summed E-state index contributed by atoms with van der Waals surface area (Å²) in [5.41, 5.74) is 4.30. The highest BCUT2D eigenvalue weighted by Gasteiger charge is 2.40. The second-order valence-corrected chi connectivity index (χ2v) is 10.7. The maximum Gasteiger partial charge on any atom is 0.335 e. The summed E-state index contributed by atoms with van der Waals surface area (Å²) in [6.45, 7) is 9.06. The molecule has 0 aliphatic heterocycles. The van der Waals surface area contributed by atoms with E-state index in [2.05, 4.69) is 27.7 Å². The molecule has 0 saturated heterocycles. The molecule has 0 unspecified atom stereocenters. The fraction of sp³-hybridized carbons (Fsp3) is 0.290. The number of fused-ring (bicyclic) bond motifs is 1. The number of hydrogen-bond donors (Lipinski definition) is 1. The highest BCUT2D eigenvalue weighted by Crippen LogP contribution is 2.50. The lowest BCUT2D eigenvalue weighted by molar-refractivity contribution is 0.0696. The molecule has 0 aromatic heterocycles. The van der Waals surface area contributed by atoms with Gasteiger partial charge in [0.2, 0.25) is 0 Å². The summed E-state index contributed by atoms with van der Waals surface area (Å²) in [7, 11) is 0. The third kappa shape index (κ3) is 5.40. The van der Waals surface area contributed by atoms with Gasteiger partial charge in [-0.1, -0.05) is 58.0 Å². The number of aromatic carboxylic acids is 1. The number of carboxylic acids is 1. The van der Waals surface area contributed by atoms with E-state index >= 15 is 0 Å². The van der Waals surface area contributed by atoms with Gasteiger partial charge in [-0.2, -0.15) is 0 Å². The van der Waals surface area contributed by atoms with Gasteiger partial charge in [0.15, 0.2) is 5.78 Å². The van der Waals surface area contributed by atoms with Crippen LogP contribution in [-0.2, 0) is 17.4 Å². The smallest absolute Gasteiger partial charge is 0.335 e. The van der Waals surface area contributed by atoms with Crippen LogP contribution in [0.2, 0.25) is 0 Å². The molecule has 1 N–H and O–H groups in total. The van der Waals surface area contributed by atoms with Gasteiger partial charge in [0, 0.05) is 11.1 Å². The van der Waals surface area contributed by atoms with Crippen LogP contribution in [0.3, 0.4) is 0 Å². The van der Waals surface area contributed by atoms with Gasteiger partial charge in [0.05, 0.1) is 5.56 Å². The highest BCUT2D eigenvalue weighted by atomic mass is 19.1. The number of ketones is 1. The van der Waals surface area contributed by atoms with E-state index in [1.165, 1.54) is 30.3 Å². The molecule has 0 atom stereocenters. The number of allylic oxidation sites excluding steroid dienone is 1. The molecule has 4 nitrogen and oxygen atoms in total. The topological polar surface area (TPSA) is 63.6 Å². The van der Waals surface area contributed by atoms with Gasteiger partial charge in [0.1, 0.15) is 18.2 Å². The van der Waals surface area contributed by atoms with Gasteiger partial charge in [0.25, 0.3) is 0 Å². The Morgan fingerprint density at radius 3 is 2.19 bits per heavy atom. The van der Waals surface area contributed by atoms with E-state index in [1.54, 1.807) is 30.3 Å². The van der Waals surface area contributed by atoms with Gasteiger partial charge in [-0.25, -0.2) is 9.18 Å². The Hall–Kier alpha value is -3.73. The van der Waals surface area contributed by atoms with E-state index in [9.17, 15) is 14.0 Å². The molecule has 186 valence electrons. The Labute approximate surface area is 211 Å². The van der Waals surface area contributed by atoms with Crippen LogP contribution < -0.4 is 4.74 Å². The van der Waals surface area contributed by atoms with Crippen LogP contribution in [0.1, 0.15) is 83.5 Å². The predicted molar refractivity (Wildman–Crippen MR) is 139 cm³/mol. The molecular formula is C31H31FO4. The van der Waals surface area contributed by atoms with Crippen LogP contribution in [0.25, 0.3) is 6.08 Å². The summed E-state index contributed by atoms with van der Waals surface area (Å²) in [6.07, 6.45) is 5.18. The van der Waals surface area contributed by atoms with Crippen molar-refractivity contribution in [3.63, 3.8) is 0 Å². The van der Waals surface area contributed by atoms with Gasteiger partial charge >= 0.3 is 5.97 Å². The Morgan fingerprint density at radius 1 is 0.917 bits per heavy atom. The lowest BCUT2D eigenvalue weighted by Gasteiger charge is -2.42. The normalized spacial score (nSPS) is 15.9. The van der Waals surface area contributed by atoms with E-state index in [4.69, 9.17) is 9.84 Å². The van der Waals surface area contributed by atoms with Crippen molar-refractivity contribution in [3.8, 4) is 5.75 Å². The summed E-state index contributed by atoms with van der Waals surface area (Å²) in [4.78, 5) is 24.3. The zero-order valence-corrected chi connectivity index (χ0v) is 21.1. The molecule has 3 aromatic rings. The average molecular weight is 487 g/mol. The Balaban J connectivity index is 1.69. The number of carboxylic acid groups (broad SMARTS) is 1. The van der Waals surface area contributed by atoms with E-state index in [1.807, 2.05) is 12.1 Å². The highest BCUT2D eigenvalue weighted by molar-refractivity contribution is 6.07. The minimum absolute atomic E-state index is 0.119. The molecule has 1 aliphatic rings. The number of benzene rings is 3. The molecule has 0 amide bonds. The molecule has 0 radical (unpaired) electrons. The molecule has 0 bridgehead atoms.